The predicted octanol–water partition coefficient (Wildman–Crippen LogP) is -1.66. The van der Waals surface area contributed by atoms with Crippen LogP contribution >= 0.6 is 0 Å². The second-order valence-corrected chi connectivity index (χ2v) is 3.53. The van der Waals surface area contributed by atoms with Gasteiger partial charge < -0.3 is 20.5 Å². The molecular weight excluding hydrogens is 216 g/mol. The molecule has 90 valence electrons. The molecule has 0 unspecified atom stereocenters. The molecule has 3 N–H and O–H groups in total. The first-order valence-corrected chi connectivity index (χ1v) is 4.85. The molecule has 1 aliphatic heterocycles. The van der Waals surface area contributed by atoms with Gasteiger partial charge in [-0.05, 0) is 0 Å². The molecule has 1 heterocycles. The van der Waals surface area contributed by atoms with Gasteiger partial charge in [-0.15, -0.1) is 0 Å². The van der Waals surface area contributed by atoms with Gasteiger partial charge >= 0.3 is 11.9 Å². The number of hydrogen-bond donors (Lipinski definition) is 3. The van der Waals surface area contributed by atoms with Crippen molar-refractivity contribution >= 4 is 17.8 Å². The van der Waals surface area contributed by atoms with Crippen molar-refractivity contribution in [1.82, 2.24) is 10.6 Å². The van der Waals surface area contributed by atoms with Crippen molar-refractivity contribution in [2.45, 2.75) is 12.5 Å². The Morgan fingerprint density at radius 3 is 2.50 bits per heavy atom. The number of carboxylic acid groups (broad SMARTS) is 1. The monoisotopic (exact) mass is 230 g/mol. The van der Waals surface area contributed by atoms with E-state index in [-0.39, 0.29) is 18.2 Å². The third-order valence-corrected chi connectivity index (χ3v) is 2.37. The molecule has 7 heteroatoms. The molecule has 0 bridgehead atoms. The fraction of sp³-hybridized carbons (Fsp3) is 0.667. The molecule has 0 aliphatic carbocycles. The van der Waals surface area contributed by atoms with Gasteiger partial charge in [0.05, 0.1) is 19.4 Å². The van der Waals surface area contributed by atoms with E-state index >= 15 is 0 Å². The molecule has 0 aromatic heterocycles. The molecule has 7 nitrogen and oxygen atoms in total. The molecule has 1 aliphatic rings. The minimum Gasteiger partial charge on any atom is -0.480 e. The summed E-state index contributed by atoms with van der Waals surface area (Å²) in [5.41, 5.74) is 0. The summed E-state index contributed by atoms with van der Waals surface area (Å²) in [6, 6.07) is -1.22. The zero-order chi connectivity index (χ0) is 12.1. The summed E-state index contributed by atoms with van der Waals surface area (Å²) >= 11 is 0. The summed E-state index contributed by atoms with van der Waals surface area (Å²) in [6.07, 6.45) is -0.363. The molecule has 0 spiro atoms. The maximum absolute atomic E-state index is 11.4. The van der Waals surface area contributed by atoms with E-state index in [4.69, 9.17) is 5.11 Å². The highest BCUT2D eigenvalue weighted by atomic mass is 16.5. The van der Waals surface area contributed by atoms with Crippen molar-refractivity contribution in [3.63, 3.8) is 0 Å². The second-order valence-electron chi connectivity index (χ2n) is 3.53. The summed E-state index contributed by atoms with van der Waals surface area (Å²) in [6.45, 7) is 1.08. The Hall–Kier alpha value is -1.63. The van der Waals surface area contributed by atoms with Crippen molar-refractivity contribution in [3.8, 4) is 0 Å². The first kappa shape index (κ1) is 12.4. The van der Waals surface area contributed by atoms with Gasteiger partial charge in [0.2, 0.25) is 5.91 Å². The smallest absolute Gasteiger partial charge is 0.326 e. The molecule has 1 fully saturated rings. The lowest BCUT2D eigenvalue weighted by molar-refractivity contribution is -0.149. The Labute approximate surface area is 92.1 Å². The van der Waals surface area contributed by atoms with E-state index in [0.29, 0.717) is 13.1 Å². The molecule has 1 saturated heterocycles. The molecule has 0 radical (unpaired) electrons. The van der Waals surface area contributed by atoms with E-state index in [1.807, 2.05) is 0 Å². The maximum Gasteiger partial charge on any atom is 0.326 e. The van der Waals surface area contributed by atoms with Gasteiger partial charge in [0.1, 0.15) is 6.04 Å². The van der Waals surface area contributed by atoms with E-state index in [1.54, 1.807) is 0 Å². The molecule has 1 rings (SSSR count). The van der Waals surface area contributed by atoms with E-state index in [9.17, 15) is 14.4 Å². The number of hydrogen-bond acceptors (Lipinski definition) is 5. The summed E-state index contributed by atoms with van der Waals surface area (Å²) in [7, 11) is 1.17. The fourth-order valence-corrected chi connectivity index (χ4v) is 1.21. The molecule has 0 aromatic carbocycles. The van der Waals surface area contributed by atoms with Crippen LogP contribution in [0.2, 0.25) is 0 Å². The van der Waals surface area contributed by atoms with E-state index in [2.05, 4.69) is 15.4 Å². The maximum atomic E-state index is 11.4. The summed E-state index contributed by atoms with van der Waals surface area (Å²) in [5.74, 6) is -2.47. The van der Waals surface area contributed by atoms with Gasteiger partial charge in [0.25, 0.3) is 0 Å². The van der Waals surface area contributed by atoms with Gasteiger partial charge in [0, 0.05) is 13.1 Å². The van der Waals surface area contributed by atoms with Gasteiger partial charge in [0.15, 0.2) is 0 Å². The Kier molecular flexibility index (Phi) is 4.24. The van der Waals surface area contributed by atoms with Crippen LogP contribution in [0, 0.1) is 5.92 Å². The van der Waals surface area contributed by atoms with E-state index in [1.165, 1.54) is 7.11 Å². The van der Waals surface area contributed by atoms with Gasteiger partial charge in [-0.25, -0.2) is 4.79 Å². The molecule has 1 atom stereocenters. The minimum atomic E-state index is -1.24. The van der Waals surface area contributed by atoms with Crippen LogP contribution in [0.4, 0.5) is 0 Å². The SMILES string of the molecule is COC(=O)C[C@H](NC(=O)C1CNC1)C(=O)O. The van der Waals surface area contributed by atoms with Crippen molar-refractivity contribution in [1.29, 1.82) is 0 Å². The topological polar surface area (TPSA) is 105 Å². The van der Waals surface area contributed by atoms with Gasteiger partial charge in [-0.1, -0.05) is 0 Å². The van der Waals surface area contributed by atoms with E-state index < -0.39 is 18.0 Å². The number of esters is 1. The van der Waals surface area contributed by atoms with Crippen LogP contribution in [0.15, 0.2) is 0 Å². The standard InChI is InChI=1S/C9H14N2O5/c1-16-7(12)2-6(9(14)15)11-8(13)5-3-10-4-5/h5-6,10H,2-4H2,1H3,(H,11,13)(H,14,15)/t6-/m0/s1. The number of rotatable bonds is 5. The number of carbonyl (C=O) groups is 3. The Bertz CT molecular complexity index is 300. The van der Waals surface area contributed by atoms with Gasteiger partial charge in [-0.3, -0.25) is 9.59 Å². The third-order valence-electron chi connectivity index (χ3n) is 2.37. The van der Waals surface area contributed by atoms with Gasteiger partial charge in [-0.2, -0.15) is 0 Å². The lowest BCUT2D eigenvalue weighted by Crippen LogP contribution is -2.54. The van der Waals surface area contributed by atoms with Crippen LogP contribution in [0.5, 0.6) is 0 Å². The van der Waals surface area contributed by atoms with E-state index in [0.717, 1.165) is 0 Å². The number of amides is 1. The Balaban J connectivity index is 2.46. The van der Waals surface area contributed by atoms with Crippen LogP contribution in [-0.2, 0) is 19.1 Å². The minimum absolute atomic E-state index is 0.209. The number of ether oxygens (including phenoxy) is 1. The molecular formula is C9H14N2O5. The Morgan fingerprint density at radius 2 is 2.12 bits per heavy atom. The third kappa shape index (κ3) is 3.20. The summed E-state index contributed by atoms with van der Waals surface area (Å²) in [4.78, 5) is 33.1. The van der Waals surface area contributed by atoms with Crippen molar-refractivity contribution in [2.24, 2.45) is 5.92 Å². The molecule has 16 heavy (non-hydrogen) atoms. The highest BCUT2D eigenvalue weighted by Crippen LogP contribution is 2.04. The van der Waals surface area contributed by atoms with Crippen LogP contribution < -0.4 is 10.6 Å². The average molecular weight is 230 g/mol. The molecule has 0 aromatic rings. The number of nitrogens with one attached hydrogen (secondary N) is 2. The highest BCUT2D eigenvalue weighted by molar-refractivity contribution is 5.88. The first-order valence-electron chi connectivity index (χ1n) is 4.85. The zero-order valence-electron chi connectivity index (χ0n) is 8.86. The Morgan fingerprint density at radius 1 is 1.50 bits per heavy atom. The van der Waals surface area contributed by atoms with Crippen molar-refractivity contribution in [2.75, 3.05) is 20.2 Å². The van der Waals surface area contributed by atoms with Crippen LogP contribution in [-0.4, -0.2) is 49.2 Å². The zero-order valence-corrected chi connectivity index (χ0v) is 8.86. The molecule has 0 saturated carbocycles. The number of methoxy groups -OCH3 is 1. The van der Waals surface area contributed by atoms with Crippen LogP contribution in [0.25, 0.3) is 0 Å². The highest BCUT2D eigenvalue weighted by Gasteiger charge is 2.30. The quantitative estimate of drug-likeness (QED) is 0.488. The van der Waals surface area contributed by atoms with Crippen LogP contribution in [0.1, 0.15) is 6.42 Å². The fourth-order valence-electron chi connectivity index (χ4n) is 1.21. The normalized spacial score (nSPS) is 17.1. The number of aliphatic carboxylic acids is 1. The number of carboxylic acids is 1. The molecule has 1 amide bonds. The lowest BCUT2D eigenvalue weighted by atomic mass is 10.0. The van der Waals surface area contributed by atoms with Crippen molar-refractivity contribution in [3.05, 3.63) is 0 Å². The lowest BCUT2D eigenvalue weighted by Gasteiger charge is -2.27. The number of carbonyl (C=O) groups excluding carboxylic acids is 2. The predicted molar refractivity (Wildman–Crippen MR) is 52.6 cm³/mol. The second kappa shape index (κ2) is 5.45. The summed E-state index contributed by atoms with van der Waals surface area (Å²) < 4.78 is 4.35. The largest absolute Gasteiger partial charge is 0.480 e. The summed E-state index contributed by atoms with van der Waals surface area (Å²) in [5, 5.41) is 14.0. The first-order chi connectivity index (χ1) is 7.54. The van der Waals surface area contributed by atoms with Crippen molar-refractivity contribution < 1.29 is 24.2 Å². The van der Waals surface area contributed by atoms with Crippen LogP contribution in [0.3, 0.4) is 0 Å². The average Bonchev–Trinajstić information content (AvgIpc) is 2.13.